The number of rotatable bonds is 5. The van der Waals surface area contributed by atoms with Crippen molar-refractivity contribution in [1.82, 2.24) is 10.6 Å². The van der Waals surface area contributed by atoms with Gasteiger partial charge in [0.2, 0.25) is 0 Å². The van der Waals surface area contributed by atoms with Crippen LogP contribution in [0, 0.1) is 20.2 Å². The van der Waals surface area contributed by atoms with E-state index in [2.05, 4.69) is 10.6 Å². The topological polar surface area (TPSA) is 154 Å². The van der Waals surface area contributed by atoms with Gasteiger partial charge in [-0.25, -0.2) is 4.79 Å². The third-order valence-electron chi connectivity index (χ3n) is 4.04. The number of nitro benzene ring substituents is 2. The minimum Gasteiger partial charge on any atom is -0.444 e. The molecular weight excluding hydrogens is 384 g/mol. The molecule has 0 aromatic heterocycles. The van der Waals surface area contributed by atoms with Crippen LogP contribution >= 0.6 is 0 Å². The molecule has 0 fully saturated rings. The van der Waals surface area contributed by atoms with Crippen molar-refractivity contribution in [3.63, 3.8) is 0 Å². The molecule has 0 bridgehead atoms. The Bertz CT molecular complexity index is 828. The molecule has 29 heavy (non-hydrogen) atoms. The summed E-state index contributed by atoms with van der Waals surface area (Å²) < 4.78 is 5.23. The van der Waals surface area contributed by atoms with Gasteiger partial charge in [-0.2, -0.15) is 0 Å². The van der Waals surface area contributed by atoms with E-state index in [9.17, 15) is 29.8 Å². The van der Waals surface area contributed by atoms with Gasteiger partial charge in [-0.3, -0.25) is 25.0 Å². The van der Waals surface area contributed by atoms with Crippen LogP contribution in [-0.4, -0.2) is 39.5 Å². The summed E-state index contributed by atoms with van der Waals surface area (Å²) >= 11 is 0. The van der Waals surface area contributed by atoms with Gasteiger partial charge in [0.05, 0.1) is 33.6 Å². The summed E-state index contributed by atoms with van der Waals surface area (Å²) in [6, 6.07) is 1.74. The molecule has 11 heteroatoms. The fourth-order valence-electron chi connectivity index (χ4n) is 2.78. The number of hydrogen-bond acceptors (Lipinski definition) is 7. The van der Waals surface area contributed by atoms with E-state index in [0.717, 1.165) is 18.2 Å². The molecule has 0 aliphatic heterocycles. The van der Waals surface area contributed by atoms with Crippen LogP contribution in [0.15, 0.2) is 30.4 Å². The van der Waals surface area contributed by atoms with Gasteiger partial charge in [0, 0.05) is 12.1 Å². The van der Waals surface area contributed by atoms with Gasteiger partial charge in [-0.15, -0.1) is 0 Å². The number of nitrogens with one attached hydrogen (secondary N) is 2. The summed E-state index contributed by atoms with van der Waals surface area (Å²) in [6.45, 7) is 5.17. The van der Waals surface area contributed by atoms with E-state index >= 15 is 0 Å². The Morgan fingerprint density at radius 2 is 1.45 bits per heavy atom. The molecule has 0 saturated heterocycles. The monoisotopic (exact) mass is 406 g/mol. The molecule has 2 atom stereocenters. The van der Waals surface area contributed by atoms with Crippen LogP contribution in [-0.2, 0) is 4.74 Å². The SMILES string of the molecule is CC(C)(C)OC(=O)NC1CC=CC[C@@H]1NC(=O)c1cc([N+](=O)[O-])cc([N+](=O)[O-])c1. The van der Waals surface area contributed by atoms with E-state index < -0.39 is 50.9 Å². The van der Waals surface area contributed by atoms with Crippen molar-refractivity contribution >= 4 is 23.4 Å². The summed E-state index contributed by atoms with van der Waals surface area (Å²) in [5.74, 6) is -0.715. The van der Waals surface area contributed by atoms with E-state index in [1.54, 1.807) is 20.8 Å². The number of carbonyl (C=O) groups excluding carboxylic acids is 2. The molecule has 1 unspecified atom stereocenters. The lowest BCUT2D eigenvalue weighted by Gasteiger charge is -2.31. The van der Waals surface area contributed by atoms with Crippen molar-refractivity contribution in [1.29, 1.82) is 0 Å². The largest absolute Gasteiger partial charge is 0.444 e. The first-order valence-electron chi connectivity index (χ1n) is 8.85. The second-order valence-corrected chi connectivity index (χ2v) is 7.53. The van der Waals surface area contributed by atoms with E-state index in [4.69, 9.17) is 4.74 Å². The number of alkyl carbamates (subject to hydrolysis) is 1. The number of carbonyl (C=O) groups is 2. The Morgan fingerprint density at radius 3 is 1.90 bits per heavy atom. The number of nitrogens with zero attached hydrogens (tertiary/aromatic N) is 2. The van der Waals surface area contributed by atoms with Gasteiger partial charge in [-0.05, 0) is 33.6 Å². The molecule has 1 aliphatic carbocycles. The van der Waals surface area contributed by atoms with Crippen LogP contribution in [0.5, 0.6) is 0 Å². The van der Waals surface area contributed by atoms with E-state index in [1.807, 2.05) is 12.2 Å². The Morgan fingerprint density at radius 1 is 0.966 bits per heavy atom. The van der Waals surface area contributed by atoms with Crippen molar-refractivity contribution in [3.05, 3.63) is 56.1 Å². The van der Waals surface area contributed by atoms with Crippen molar-refractivity contribution in [2.45, 2.75) is 51.3 Å². The molecule has 1 aliphatic rings. The van der Waals surface area contributed by atoms with Crippen LogP contribution in [0.1, 0.15) is 44.0 Å². The Kier molecular flexibility index (Phi) is 6.52. The maximum absolute atomic E-state index is 12.6. The van der Waals surface area contributed by atoms with Crippen LogP contribution in [0.3, 0.4) is 0 Å². The summed E-state index contributed by atoms with van der Waals surface area (Å²) in [4.78, 5) is 45.1. The highest BCUT2D eigenvalue weighted by molar-refractivity contribution is 5.95. The summed E-state index contributed by atoms with van der Waals surface area (Å²) in [5, 5.41) is 27.4. The first-order valence-corrected chi connectivity index (χ1v) is 8.85. The third-order valence-corrected chi connectivity index (χ3v) is 4.04. The van der Waals surface area contributed by atoms with Crippen molar-refractivity contribution in [2.24, 2.45) is 0 Å². The zero-order valence-electron chi connectivity index (χ0n) is 16.2. The zero-order valence-corrected chi connectivity index (χ0v) is 16.2. The molecular formula is C18H22N4O7. The average Bonchev–Trinajstić information content (AvgIpc) is 2.61. The van der Waals surface area contributed by atoms with E-state index in [-0.39, 0.29) is 5.56 Å². The van der Waals surface area contributed by atoms with Crippen molar-refractivity contribution in [3.8, 4) is 0 Å². The van der Waals surface area contributed by atoms with E-state index in [0.29, 0.717) is 12.8 Å². The second kappa shape index (κ2) is 8.67. The first kappa shape index (κ1) is 21.8. The lowest BCUT2D eigenvalue weighted by molar-refractivity contribution is -0.394. The summed E-state index contributed by atoms with van der Waals surface area (Å²) in [7, 11) is 0. The highest BCUT2D eigenvalue weighted by atomic mass is 16.6. The first-order chi connectivity index (χ1) is 13.5. The van der Waals surface area contributed by atoms with Gasteiger partial charge < -0.3 is 15.4 Å². The smallest absolute Gasteiger partial charge is 0.407 e. The van der Waals surface area contributed by atoms with Gasteiger partial charge in [0.1, 0.15) is 5.60 Å². The molecule has 11 nitrogen and oxygen atoms in total. The normalized spacial score (nSPS) is 18.6. The Balaban J connectivity index is 2.17. The average molecular weight is 406 g/mol. The fourth-order valence-corrected chi connectivity index (χ4v) is 2.78. The molecule has 0 heterocycles. The lowest BCUT2D eigenvalue weighted by atomic mass is 9.95. The number of non-ortho nitro benzene ring substituents is 2. The zero-order chi connectivity index (χ0) is 21.8. The quantitative estimate of drug-likeness (QED) is 0.433. The molecule has 0 spiro atoms. The number of hydrogen-bond donors (Lipinski definition) is 2. The van der Waals surface area contributed by atoms with Gasteiger partial charge in [0.15, 0.2) is 0 Å². The molecule has 1 aromatic rings. The minimum absolute atomic E-state index is 0.212. The Labute approximate surface area is 166 Å². The molecule has 1 aromatic carbocycles. The third kappa shape index (κ3) is 6.26. The lowest BCUT2D eigenvalue weighted by Crippen LogP contribution is -2.53. The Hall–Kier alpha value is -3.50. The summed E-state index contributed by atoms with van der Waals surface area (Å²) in [5.41, 5.74) is -2.01. The molecule has 0 radical (unpaired) electrons. The highest BCUT2D eigenvalue weighted by Crippen LogP contribution is 2.23. The highest BCUT2D eigenvalue weighted by Gasteiger charge is 2.29. The minimum atomic E-state index is -0.806. The molecule has 2 amide bonds. The molecule has 0 saturated carbocycles. The van der Waals surface area contributed by atoms with Crippen molar-refractivity contribution < 1.29 is 24.2 Å². The number of amides is 2. The molecule has 2 N–H and O–H groups in total. The summed E-state index contributed by atoms with van der Waals surface area (Å²) in [6.07, 6.45) is 3.89. The van der Waals surface area contributed by atoms with Crippen LogP contribution in [0.4, 0.5) is 16.2 Å². The fraction of sp³-hybridized carbons (Fsp3) is 0.444. The predicted octanol–water partition coefficient (Wildman–Crippen LogP) is 2.84. The standard InChI is InChI=1S/C18H22N4O7/c1-18(2,3)29-17(24)20-15-7-5-4-6-14(15)19-16(23)11-8-12(21(25)26)10-13(9-11)22(27)28/h4-5,8-10,14-15H,6-7H2,1-3H3,(H,19,23)(H,20,24)/t14-,15?/m0/s1. The number of benzene rings is 1. The van der Waals surface area contributed by atoms with E-state index in [1.165, 1.54) is 0 Å². The van der Waals surface area contributed by atoms with Gasteiger partial charge in [-0.1, -0.05) is 12.2 Å². The van der Waals surface area contributed by atoms with Gasteiger partial charge >= 0.3 is 6.09 Å². The predicted molar refractivity (Wildman–Crippen MR) is 103 cm³/mol. The maximum atomic E-state index is 12.6. The van der Waals surface area contributed by atoms with Crippen molar-refractivity contribution in [2.75, 3.05) is 0 Å². The number of nitro groups is 2. The van der Waals surface area contributed by atoms with Crippen LogP contribution in [0.25, 0.3) is 0 Å². The second-order valence-electron chi connectivity index (χ2n) is 7.53. The molecule has 156 valence electrons. The van der Waals surface area contributed by atoms with Gasteiger partial charge in [0.25, 0.3) is 17.3 Å². The number of ether oxygens (including phenoxy) is 1. The van der Waals surface area contributed by atoms with Crippen LogP contribution in [0.2, 0.25) is 0 Å². The van der Waals surface area contributed by atoms with Crippen LogP contribution < -0.4 is 10.6 Å². The maximum Gasteiger partial charge on any atom is 0.407 e. The molecule has 2 rings (SSSR count).